The van der Waals surface area contributed by atoms with Gasteiger partial charge in [-0.25, -0.2) is 0 Å². The van der Waals surface area contributed by atoms with Crippen molar-refractivity contribution in [3.63, 3.8) is 0 Å². The van der Waals surface area contributed by atoms with E-state index in [1.807, 2.05) is 0 Å². The zero-order chi connectivity index (χ0) is 18.0. The molecule has 4 nitrogen and oxygen atoms in total. The van der Waals surface area contributed by atoms with Gasteiger partial charge in [0.2, 0.25) is 0 Å². The van der Waals surface area contributed by atoms with Crippen LogP contribution in [0.5, 0.6) is 0 Å². The van der Waals surface area contributed by atoms with E-state index in [0.717, 1.165) is 31.6 Å². The molecule has 0 bridgehead atoms. The van der Waals surface area contributed by atoms with Crippen molar-refractivity contribution in [1.82, 2.24) is 0 Å². The fourth-order valence-electron chi connectivity index (χ4n) is 3.21. The quantitative estimate of drug-likeness (QED) is 0.282. The number of carbonyl (C=O) groups is 2. The Morgan fingerprint density at radius 1 is 0.680 bits per heavy atom. The molecular weight excluding hydrogens is 343 g/mol. The number of unbranched alkanes of at least 4 members (excludes halogenated alkanes) is 9. The molecule has 2 N–H and O–H groups in total. The minimum Gasteiger partial charge on any atom is -1.00 e. The third kappa shape index (κ3) is 22.5. The normalized spacial score (nSPS) is 11.7. The van der Waals surface area contributed by atoms with Crippen molar-refractivity contribution >= 4 is 11.9 Å². The molecule has 144 valence electrons. The summed E-state index contributed by atoms with van der Waals surface area (Å²) >= 11 is 0. The number of rotatable bonds is 18. The fourth-order valence-corrected chi connectivity index (χ4v) is 3.21. The predicted molar refractivity (Wildman–Crippen MR) is 99.4 cm³/mol. The number of aliphatic carboxylic acids is 2. The second kappa shape index (κ2) is 20.9. The second-order valence-corrected chi connectivity index (χ2v) is 7.03. The molecular formula is C20H39KO4. The van der Waals surface area contributed by atoms with Gasteiger partial charge in [-0.15, -0.1) is 0 Å². The first-order valence-electron chi connectivity index (χ1n) is 9.99. The summed E-state index contributed by atoms with van der Waals surface area (Å²) in [7, 11) is 0. The molecule has 0 saturated heterocycles. The molecule has 25 heavy (non-hydrogen) atoms. The van der Waals surface area contributed by atoms with Gasteiger partial charge in [-0.1, -0.05) is 84.0 Å². The Balaban J connectivity index is -0.00000264. The van der Waals surface area contributed by atoms with Crippen LogP contribution in [0.15, 0.2) is 0 Å². The molecule has 0 spiro atoms. The van der Waals surface area contributed by atoms with Crippen LogP contribution < -0.4 is 51.4 Å². The summed E-state index contributed by atoms with van der Waals surface area (Å²) in [6.45, 7) is 2.28. The van der Waals surface area contributed by atoms with E-state index in [1.54, 1.807) is 0 Å². The molecule has 0 aromatic carbocycles. The molecule has 0 radical (unpaired) electrons. The molecule has 0 aromatic rings. The minimum absolute atomic E-state index is 0. The van der Waals surface area contributed by atoms with Crippen LogP contribution in [-0.4, -0.2) is 22.2 Å². The first kappa shape index (κ1) is 27.8. The summed E-state index contributed by atoms with van der Waals surface area (Å²) in [6.07, 6.45) is 16.9. The summed E-state index contributed by atoms with van der Waals surface area (Å²) in [6, 6.07) is 0. The Labute approximate surface area is 198 Å². The third-order valence-electron chi connectivity index (χ3n) is 4.83. The molecule has 0 aliphatic carbocycles. The smallest absolute Gasteiger partial charge is 1.00 e. The Hall–Kier alpha value is 0.576. The summed E-state index contributed by atoms with van der Waals surface area (Å²) in [5.74, 6) is -0.522. The van der Waals surface area contributed by atoms with E-state index in [-0.39, 0.29) is 52.8 Å². The number of carboxylic acid groups (broad SMARTS) is 2. The van der Waals surface area contributed by atoms with Gasteiger partial charge in [-0.05, 0) is 18.8 Å². The molecule has 5 heteroatoms. The molecule has 0 aromatic heterocycles. The number of hydrogen-bond acceptors (Lipinski definition) is 2. The van der Waals surface area contributed by atoms with Crippen molar-refractivity contribution in [1.29, 1.82) is 0 Å². The van der Waals surface area contributed by atoms with Crippen molar-refractivity contribution < 1.29 is 72.6 Å². The molecule has 0 heterocycles. The van der Waals surface area contributed by atoms with Gasteiger partial charge in [-0.3, -0.25) is 9.59 Å². The first-order chi connectivity index (χ1) is 11.6. The molecule has 0 amide bonds. The monoisotopic (exact) mass is 382 g/mol. The van der Waals surface area contributed by atoms with Crippen LogP contribution in [0.4, 0.5) is 0 Å². The molecule has 0 fully saturated rings. The SMILES string of the molecule is CCC(CCCCCCCCCC(=O)O)CCCCCCC(=O)O.[H-].[K+]. The number of carboxylic acids is 2. The molecule has 0 saturated carbocycles. The van der Waals surface area contributed by atoms with Gasteiger partial charge in [-0.2, -0.15) is 0 Å². The number of hydrogen-bond donors (Lipinski definition) is 2. The first-order valence-corrected chi connectivity index (χ1v) is 9.99. The third-order valence-corrected chi connectivity index (χ3v) is 4.83. The van der Waals surface area contributed by atoms with Crippen LogP contribution in [0.3, 0.4) is 0 Å². The predicted octanol–water partition coefficient (Wildman–Crippen LogP) is 3.15. The Kier molecular flexibility index (Phi) is 23.2. The Morgan fingerprint density at radius 3 is 1.32 bits per heavy atom. The van der Waals surface area contributed by atoms with Crippen LogP contribution in [-0.2, 0) is 9.59 Å². The average Bonchev–Trinajstić information content (AvgIpc) is 2.53. The van der Waals surface area contributed by atoms with Crippen LogP contribution in [0, 0.1) is 5.92 Å². The van der Waals surface area contributed by atoms with Crippen molar-refractivity contribution in [2.45, 2.75) is 110 Å². The minimum atomic E-state index is -0.678. The van der Waals surface area contributed by atoms with Gasteiger partial charge in [0, 0.05) is 12.8 Å². The van der Waals surface area contributed by atoms with E-state index in [4.69, 9.17) is 10.2 Å². The van der Waals surface area contributed by atoms with Crippen LogP contribution in [0.1, 0.15) is 111 Å². The maximum absolute atomic E-state index is 10.4. The van der Waals surface area contributed by atoms with Gasteiger partial charge in [0.25, 0.3) is 0 Å². The summed E-state index contributed by atoms with van der Waals surface area (Å²) in [5, 5.41) is 17.2. The van der Waals surface area contributed by atoms with Crippen molar-refractivity contribution in [3.8, 4) is 0 Å². The molecule has 1 unspecified atom stereocenters. The zero-order valence-electron chi connectivity index (χ0n) is 17.6. The van der Waals surface area contributed by atoms with E-state index < -0.39 is 11.9 Å². The Morgan fingerprint density at radius 2 is 1.00 bits per heavy atom. The second-order valence-electron chi connectivity index (χ2n) is 7.03. The largest absolute Gasteiger partial charge is 1.00 e. The van der Waals surface area contributed by atoms with Gasteiger partial charge in [0.1, 0.15) is 0 Å². The molecule has 1 atom stereocenters. The average molecular weight is 383 g/mol. The van der Waals surface area contributed by atoms with Gasteiger partial charge >= 0.3 is 63.3 Å². The maximum Gasteiger partial charge on any atom is 1.00 e. The van der Waals surface area contributed by atoms with Gasteiger partial charge in [0.05, 0.1) is 0 Å². The zero-order valence-corrected chi connectivity index (χ0v) is 19.7. The molecule has 0 aliphatic heterocycles. The summed E-state index contributed by atoms with van der Waals surface area (Å²) in [5.41, 5.74) is 0. The summed E-state index contributed by atoms with van der Waals surface area (Å²) in [4.78, 5) is 20.8. The van der Waals surface area contributed by atoms with Gasteiger partial charge < -0.3 is 11.6 Å². The van der Waals surface area contributed by atoms with Crippen molar-refractivity contribution in [2.24, 2.45) is 5.92 Å². The van der Waals surface area contributed by atoms with Crippen LogP contribution in [0.25, 0.3) is 0 Å². The van der Waals surface area contributed by atoms with E-state index in [2.05, 4.69) is 6.92 Å². The summed E-state index contributed by atoms with van der Waals surface area (Å²) < 4.78 is 0. The topological polar surface area (TPSA) is 74.6 Å². The fraction of sp³-hybridized carbons (Fsp3) is 0.900. The molecule has 0 rings (SSSR count). The molecule has 0 aliphatic rings. The van der Waals surface area contributed by atoms with E-state index >= 15 is 0 Å². The van der Waals surface area contributed by atoms with Gasteiger partial charge in [0.15, 0.2) is 0 Å². The standard InChI is InChI=1S/C20H38O4.K.H/c1-2-18(15-11-8-9-13-17-20(23)24)14-10-6-4-3-5-7-12-16-19(21)22;;/h18H,2-17H2,1H3,(H,21,22)(H,23,24);;/q;+1;-1. The van der Waals surface area contributed by atoms with Crippen LogP contribution in [0.2, 0.25) is 0 Å². The van der Waals surface area contributed by atoms with E-state index in [1.165, 1.54) is 64.2 Å². The van der Waals surface area contributed by atoms with Crippen molar-refractivity contribution in [2.75, 3.05) is 0 Å². The van der Waals surface area contributed by atoms with Crippen LogP contribution >= 0.6 is 0 Å². The Bertz CT molecular complexity index is 327. The van der Waals surface area contributed by atoms with E-state index in [0.29, 0.717) is 12.8 Å². The van der Waals surface area contributed by atoms with E-state index in [9.17, 15) is 9.59 Å². The van der Waals surface area contributed by atoms with Crippen molar-refractivity contribution in [3.05, 3.63) is 0 Å². The maximum atomic E-state index is 10.4.